The molecule has 1 saturated carbocycles. The van der Waals surface area contributed by atoms with E-state index in [9.17, 15) is 4.79 Å². The van der Waals surface area contributed by atoms with E-state index in [4.69, 9.17) is 9.84 Å². The highest BCUT2D eigenvalue weighted by Crippen LogP contribution is 2.44. The fourth-order valence-electron chi connectivity index (χ4n) is 2.35. The number of aromatic nitrogens is 2. The molecule has 2 rings (SSSR count). The Bertz CT molecular complexity index is 470. The third-order valence-corrected chi connectivity index (χ3v) is 3.57. The fraction of sp³-hybridized carbons (Fsp3) is 0.643. The summed E-state index contributed by atoms with van der Waals surface area (Å²) in [6.07, 6.45) is 4.09. The molecule has 1 aromatic heterocycles. The van der Waals surface area contributed by atoms with Gasteiger partial charge in [0.2, 0.25) is 0 Å². The van der Waals surface area contributed by atoms with Crippen LogP contribution < -0.4 is 4.74 Å². The van der Waals surface area contributed by atoms with Crippen molar-refractivity contribution in [3.63, 3.8) is 0 Å². The van der Waals surface area contributed by atoms with Gasteiger partial charge in [-0.15, -0.1) is 0 Å². The third-order valence-electron chi connectivity index (χ3n) is 3.57. The largest absolute Gasteiger partial charge is 0.481 e. The number of hydrogen-bond donors (Lipinski definition) is 1. The summed E-state index contributed by atoms with van der Waals surface area (Å²) in [5, 5.41) is 9.07. The molecule has 0 radical (unpaired) electrons. The molecule has 1 atom stereocenters. The molecule has 5 nitrogen and oxygen atoms in total. The molecule has 1 aromatic rings. The van der Waals surface area contributed by atoms with Crippen molar-refractivity contribution >= 4 is 5.97 Å². The smallest absolute Gasteiger partial charge is 0.316 e. The first-order valence-corrected chi connectivity index (χ1v) is 6.65. The van der Waals surface area contributed by atoms with Gasteiger partial charge in [0, 0.05) is 12.1 Å². The summed E-state index contributed by atoms with van der Waals surface area (Å²) in [7, 11) is 1.54. The topological polar surface area (TPSA) is 72.3 Å². The van der Waals surface area contributed by atoms with E-state index in [2.05, 4.69) is 9.97 Å². The van der Waals surface area contributed by atoms with E-state index in [1.807, 2.05) is 13.8 Å². The molecule has 104 valence electrons. The monoisotopic (exact) mass is 264 g/mol. The molecule has 0 aliphatic heterocycles. The van der Waals surface area contributed by atoms with Crippen molar-refractivity contribution < 1.29 is 14.6 Å². The molecule has 0 bridgehead atoms. The van der Waals surface area contributed by atoms with Gasteiger partial charge in [-0.3, -0.25) is 4.79 Å². The van der Waals surface area contributed by atoms with Gasteiger partial charge in [0.05, 0.1) is 19.2 Å². The minimum Gasteiger partial charge on any atom is -0.481 e. The number of methoxy groups -OCH3 is 1. The number of nitrogens with zero attached hydrogens (tertiary/aromatic N) is 2. The van der Waals surface area contributed by atoms with Gasteiger partial charge in [0.25, 0.3) is 0 Å². The zero-order valence-corrected chi connectivity index (χ0v) is 11.6. The highest BCUT2D eigenvalue weighted by Gasteiger charge is 2.32. The van der Waals surface area contributed by atoms with Crippen LogP contribution in [0.5, 0.6) is 6.01 Å². The van der Waals surface area contributed by atoms with Crippen LogP contribution >= 0.6 is 0 Å². The van der Waals surface area contributed by atoms with E-state index in [1.165, 1.54) is 0 Å². The van der Waals surface area contributed by atoms with Crippen molar-refractivity contribution in [1.82, 2.24) is 9.97 Å². The van der Waals surface area contributed by atoms with Crippen LogP contribution in [0.3, 0.4) is 0 Å². The summed E-state index contributed by atoms with van der Waals surface area (Å²) >= 11 is 0. The van der Waals surface area contributed by atoms with Crippen LogP contribution in [0.15, 0.2) is 6.20 Å². The second-order valence-corrected chi connectivity index (χ2v) is 5.42. The summed E-state index contributed by atoms with van der Waals surface area (Å²) in [6.45, 7) is 4.07. The van der Waals surface area contributed by atoms with Crippen LogP contribution in [0.25, 0.3) is 0 Å². The molecule has 0 aromatic carbocycles. The summed E-state index contributed by atoms with van der Waals surface area (Å²) in [6, 6.07) is 0.364. The number of aliphatic carboxylic acids is 1. The lowest BCUT2D eigenvalue weighted by molar-refractivity contribution is -0.137. The van der Waals surface area contributed by atoms with E-state index in [0.29, 0.717) is 11.9 Å². The molecular weight excluding hydrogens is 244 g/mol. The number of carboxylic acids is 1. The quantitative estimate of drug-likeness (QED) is 0.855. The molecule has 1 aliphatic carbocycles. The molecule has 5 heteroatoms. The molecule has 1 aliphatic rings. The highest BCUT2D eigenvalue weighted by molar-refractivity contribution is 5.68. The van der Waals surface area contributed by atoms with Gasteiger partial charge in [-0.1, -0.05) is 13.8 Å². The Labute approximate surface area is 113 Å². The first kappa shape index (κ1) is 13.8. The van der Waals surface area contributed by atoms with Crippen LogP contribution in [0.1, 0.15) is 56.2 Å². The normalized spacial score (nSPS) is 16.4. The first-order valence-electron chi connectivity index (χ1n) is 6.65. The second kappa shape index (κ2) is 5.55. The van der Waals surface area contributed by atoms with Crippen LogP contribution in [0.4, 0.5) is 0 Å². The predicted molar refractivity (Wildman–Crippen MR) is 70.4 cm³/mol. The van der Waals surface area contributed by atoms with Gasteiger partial charge < -0.3 is 9.84 Å². The van der Waals surface area contributed by atoms with E-state index < -0.39 is 5.97 Å². The number of carboxylic acid groups (broad SMARTS) is 1. The van der Waals surface area contributed by atoms with E-state index in [-0.39, 0.29) is 18.3 Å². The maximum Gasteiger partial charge on any atom is 0.316 e. The van der Waals surface area contributed by atoms with Crippen molar-refractivity contribution in [3.05, 3.63) is 17.5 Å². The van der Waals surface area contributed by atoms with Crippen LogP contribution in [0, 0.1) is 5.92 Å². The lowest BCUT2D eigenvalue weighted by atomic mass is 9.85. The Balaban J connectivity index is 2.37. The molecule has 1 fully saturated rings. The molecule has 1 unspecified atom stereocenters. The zero-order chi connectivity index (χ0) is 14.0. The minimum atomic E-state index is -0.781. The molecule has 1 N–H and O–H groups in total. The summed E-state index contributed by atoms with van der Waals surface area (Å²) in [5.74, 6) is -0.136. The van der Waals surface area contributed by atoms with Crippen molar-refractivity contribution in [2.75, 3.05) is 7.11 Å². The van der Waals surface area contributed by atoms with Crippen LogP contribution in [-0.2, 0) is 4.79 Å². The Morgan fingerprint density at radius 1 is 1.53 bits per heavy atom. The number of carbonyl (C=O) groups is 1. The number of hydrogen-bond acceptors (Lipinski definition) is 4. The Morgan fingerprint density at radius 2 is 2.21 bits per heavy atom. The Kier molecular flexibility index (Phi) is 4.02. The maximum absolute atomic E-state index is 11.0. The standard InChI is InChI=1S/C14H20N2O3/c1-8(2)10(6-12(17)18)11-7-15-14(19-3)16-13(11)9-4-5-9/h7-10H,4-6H2,1-3H3,(H,17,18). The average molecular weight is 264 g/mol. The molecule has 1 heterocycles. The Morgan fingerprint density at radius 3 is 2.68 bits per heavy atom. The van der Waals surface area contributed by atoms with Crippen LogP contribution in [-0.4, -0.2) is 28.2 Å². The minimum absolute atomic E-state index is 0.0426. The van der Waals surface area contributed by atoms with Gasteiger partial charge in [0.15, 0.2) is 0 Å². The van der Waals surface area contributed by atoms with Crippen molar-refractivity contribution in [2.45, 2.75) is 44.9 Å². The fourth-order valence-corrected chi connectivity index (χ4v) is 2.35. The Hall–Kier alpha value is -1.65. The predicted octanol–water partition coefficient (Wildman–Crippen LogP) is 2.58. The van der Waals surface area contributed by atoms with Gasteiger partial charge in [-0.2, -0.15) is 4.98 Å². The highest BCUT2D eigenvalue weighted by atomic mass is 16.5. The molecule has 0 amide bonds. The molecule has 19 heavy (non-hydrogen) atoms. The summed E-state index contributed by atoms with van der Waals surface area (Å²) in [5.41, 5.74) is 1.95. The SMILES string of the molecule is COc1ncc(C(CC(=O)O)C(C)C)c(C2CC2)n1. The lowest BCUT2D eigenvalue weighted by Crippen LogP contribution is -2.15. The summed E-state index contributed by atoms with van der Waals surface area (Å²) < 4.78 is 5.07. The van der Waals surface area contributed by atoms with Gasteiger partial charge >= 0.3 is 12.0 Å². The third kappa shape index (κ3) is 3.22. The van der Waals surface area contributed by atoms with E-state index in [0.717, 1.165) is 24.1 Å². The second-order valence-electron chi connectivity index (χ2n) is 5.42. The van der Waals surface area contributed by atoms with Crippen LogP contribution in [0.2, 0.25) is 0 Å². The molecular formula is C14H20N2O3. The van der Waals surface area contributed by atoms with E-state index >= 15 is 0 Å². The molecule has 0 saturated heterocycles. The summed E-state index contributed by atoms with van der Waals surface area (Å²) in [4.78, 5) is 19.6. The average Bonchev–Trinajstić information content (AvgIpc) is 3.19. The molecule has 0 spiro atoms. The maximum atomic E-state index is 11.0. The van der Waals surface area contributed by atoms with Gasteiger partial charge in [0.1, 0.15) is 0 Å². The van der Waals surface area contributed by atoms with E-state index in [1.54, 1.807) is 13.3 Å². The van der Waals surface area contributed by atoms with Gasteiger partial charge in [-0.05, 0) is 30.2 Å². The van der Waals surface area contributed by atoms with Gasteiger partial charge in [-0.25, -0.2) is 4.98 Å². The lowest BCUT2D eigenvalue weighted by Gasteiger charge is -2.21. The van der Waals surface area contributed by atoms with Crippen molar-refractivity contribution in [3.8, 4) is 6.01 Å². The van der Waals surface area contributed by atoms with Crippen molar-refractivity contribution in [2.24, 2.45) is 5.92 Å². The number of rotatable bonds is 6. The number of ether oxygens (including phenoxy) is 1. The zero-order valence-electron chi connectivity index (χ0n) is 11.6. The van der Waals surface area contributed by atoms with Crippen molar-refractivity contribution in [1.29, 1.82) is 0 Å². The first-order chi connectivity index (χ1) is 9.02.